The Labute approximate surface area is 123 Å². The molecule has 0 aliphatic carbocycles. The van der Waals surface area contributed by atoms with E-state index in [2.05, 4.69) is 26.3 Å². The van der Waals surface area contributed by atoms with Crippen molar-refractivity contribution in [1.82, 2.24) is 15.1 Å². The van der Waals surface area contributed by atoms with Crippen LogP contribution in [-0.2, 0) is 4.74 Å². The van der Waals surface area contributed by atoms with Gasteiger partial charge in [-0.25, -0.2) is 9.07 Å². The molecule has 1 amide bonds. The second kappa shape index (κ2) is 6.62. The van der Waals surface area contributed by atoms with Crippen LogP contribution in [0.1, 0.15) is 10.5 Å². The summed E-state index contributed by atoms with van der Waals surface area (Å²) in [4.78, 5) is 11.9. The number of methoxy groups -OCH3 is 1. The minimum Gasteiger partial charge on any atom is -0.383 e. The number of nitrogens with one attached hydrogen (secondary N) is 1. The van der Waals surface area contributed by atoms with Gasteiger partial charge in [0.1, 0.15) is 11.5 Å². The van der Waals surface area contributed by atoms with Gasteiger partial charge in [0, 0.05) is 19.9 Å². The molecule has 1 aromatic carbocycles. The zero-order valence-electron chi connectivity index (χ0n) is 10.8. The number of amides is 1. The lowest BCUT2D eigenvalue weighted by Crippen LogP contribution is -2.27. The Kier molecular flexibility index (Phi) is 4.86. The van der Waals surface area contributed by atoms with Gasteiger partial charge >= 0.3 is 0 Å². The fourth-order valence-corrected chi connectivity index (χ4v) is 2.07. The highest BCUT2D eigenvalue weighted by Crippen LogP contribution is 2.19. The van der Waals surface area contributed by atoms with E-state index in [1.807, 2.05) is 0 Å². The Hall–Kier alpha value is -1.73. The lowest BCUT2D eigenvalue weighted by molar-refractivity contribution is 0.0931. The predicted molar refractivity (Wildman–Crippen MR) is 75.4 cm³/mol. The third-order valence-corrected chi connectivity index (χ3v) is 3.16. The Morgan fingerprint density at radius 3 is 2.95 bits per heavy atom. The zero-order valence-corrected chi connectivity index (χ0v) is 12.4. The highest BCUT2D eigenvalue weighted by Gasteiger charge is 2.16. The van der Waals surface area contributed by atoms with Gasteiger partial charge in [-0.15, -0.1) is 0 Å². The van der Waals surface area contributed by atoms with Gasteiger partial charge in [-0.1, -0.05) is 12.1 Å². The van der Waals surface area contributed by atoms with Crippen molar-refractivity contribution in [2.75, 3.05) is 20.3 Å². The van der Waals surface area contributed by atoms with Crippen molar-refractivity contribution in [3.8, 4) is 5.69 Å². The minimum absolute atomic E-state index is 0.198. The molecule has 0 fully saturated rings. The second-order valence-corrected chi connectivity index (χ2v) is 4.82. The number of halogens is 2. The summed E-state index contributed by atoms with van der Waals surface area (Å²) < 4.78 is 20.3. The van der Waals surface area contributed by atoms with Crippen LogP contribution in [0, 0.1) is 5.82 Å². The number of para-hydroxylation sites is 1. The fraction of sp³-hybridized carbons (Fsp3) is 0.231. The Balaban J connectivity index is 2.22. The van der Waals surface area contributed by atoms with Gasteiger partial charge in [-0.2, -0.15) is 5.10 Å². The van der Waals surface area contributed by atoms with Crippen LogP contribution in [0.15, 0.2) is 34.9 Å². The van der Waals surface area contributed by atoms with Gasteiger partial charge < -0.3 is 10.1 Å². The summed E-state index contributed by atoms with van der Waals surface area (Å²) in [5, 5.41) is 6.75. The molecule has 7 heteroatoms. The predicted octanol–water partition coefficient (Wildman–Crippen LogP) is 2.15. The van der Waals surface area contributed by atoms with Crippen molar-refractivity contribution in [2.24, 2.45) is 0 Å². The maximum Gasteiger partial charge on any atom is 0.273 e. The summed E-state index contributed by atoms with van der Waals surface area (Å²) in [5.74, 6) is -0.752. The van der Waals surface area contributed by atoms with E-state index in [0.717, 1.165) is 0 Å². The summed E-state index contributed by atoms with van der Waals surface area (Å²) in [6.07, 6.45) is 1.55. The molecule has 0 atom stereocenters. The molecule has 1 aromatic heterocycles. The third kappa shape index (κ3) is 3.23. The smallest absolute Gasteiger partial charge is 0.273 e. The zero-order chi connectivity index (χ0) is 14.5. The first-order valence-corrected chi connectivity index (χ1v) is 6.70. The molecule has 1 heterocycles. The molecule has 0 saturated carbocycles. The summed E-state index contributed by atoms with van der Waals surface area (Å²) in [6.45, 7) is 0.797. The van der Waals surface area contributed by atoms with Crippen LogP contribution in [0.4, 0.5) is 4.39 Å². The monoisotopic (exact) mass is 341 g/mol. The molecular formula is C13H13BrFN3O2. The van der Waals surface area contributed by atoms with Crippen molar-refractivity contribution in [1.29, 1.82) is 0 Å². The van der Waals surface area contributed by atoms with Crippen molar-refractivity contribution >= 4 is 21.8 Å². The highest BCUT2D eigenvalue weighted by molar-refractivity contribution is 9.10. The van der Waals surface area contributed by atoms with Crippen molar-refractivity contribution in [3.63, 3.8) is 0 Å². The number of benzene rings is 1. The van der Waals surface area contributed by atoms with Crippen LogP contribution < -0.4 is 5.32 Å². The molecule has 0 spiro atoms. The Bertz CT molecular complexity index is 615. The van der Waals surface area contributed by atoms with E-state index in [1.54, 1.807) is 31.5 Å². The number of nitrogens with zero attached hydrogens (tertiary/aromatic N) is 2. The number of hydrogen-bond donors (Lipinski definition) is 1. The van der Waals surface area contributed by atoms with Crippen molar-refractivity contribution < 1.29 is 13.9 Å². The van der Waals surface area contributed by atoms with Crippen LogP contribution in [0.5, 0.6) is 0 Å². The number of ether oxygens (including phenoxy) is 1. The Morgan fingerprint density at radius 1 is 1.50 bits per heavy atom. The average Bonchev–Trinajstić information content (AvgIpc) is 2.81. The molecule has 2 rings (SSSR count). The van der Waals surface area contributed by atoms with Crippen LogP contribution in [0.25, 0.3) is 5.69 Å². The quantitative estimate of drug-likeness (QED) is 0.848. The SMILES string of the molecule is COCCNC(=O)c1nn(-c2ccccc2F)cc1Br. The summed E-state index contributed by atoms with van der Waals surface area (Å²) in [5.41, 5.74) is 0.480. The molecule has 5 nitrogen and oxygen atoms in total. The van der Waals surface area contributed by atoms with Crippen LogP contribution in [0.2, 0.25) is 0 Å². The fourth-order valence-electron chi connectivity index (χ4n) is 1.62. The maximum absolute atomic E-state index is 13.7. The maximum atomic E-state index is 13.7. The van der Waals surface area contributed by atoms with E-state index < -0.39 is 5.82 Å². The summed E-state index contributed by atoms with van der Waals surface area (Å²) >= 11 is 3.25. The first-order valence-electron chi connectivity index (χ1n) is 5.90. The Morgan fingerprint density at radius 2 is 2.25 bits per heavy atom. The van der Waals surface area contributed by atoms with Gasteiger partial charge in [-0.3, -0.25) is 4.79 Å². The van der Waals surface area contributed by atoms with E-state index in [-0.39, 0.29) is 17.3 Å². The highest BCUT2D eigenvalue weighted by atomic mass is 79.9. The first-order chi connectivity index (χ1) is 9.63. The normalized spacial score (nSPS) is 10.6. The van der Waals surface area contributed by atoms with E-state index in [1.165, 1.54) is 10.7 Å². The molecule has 0 aliphatic heterocycles. The van der Waals surface area contributed by atoms with E-state index in [4.69, 9.17) is 4.74 Å². The van der Waals surface area contributed by atoms with Gasteiger partial charge in [0.15, 0.2) is 5.69 Å². The van der Waals surface area contributed by atoms with Gasteiger partial charge in [0.25, 0.3) is 5.91 Å². The topological polar surface area (TPSA) is 56.1 Å². The van der Waals surface area contributed by atoms with Crippen LogP contribution >= 0.6 is 15.9 Å². The van der Waals surface area contributed by atoms with E-state index in [9.17, 15) is 9.18 Å². The van der Waals surface area contributed by atoms with E-state index >= 15 is 0 Å². The van der Waals surface area contributed by atoms with Crippen molar-refractivity contribution in [3.05, 3.63) is 46.4 Å². The number of rotatable bonds is 5. The molecule has 1 N–H and O–H groups in total. The molecule has 0 saturated heterocycles. The molecule has 0 aliphatic rings. The summed E-state index contributed by atoms with van der Waals surface area (Å²) in [6, 6.07) is 6.21. The summed E-state index contributed by atoms with van der Waals surface area (Å²) in [7, 11) is 1.55. The molecule has 2 aromatic rings. The molecular weight excluding hydrogens is 329 g/mol. The number of carbonyl (C=O) groups is 1. The van der Waals surface area contributed by atoms with Crippen LogP contribution in [0.3, 0.4) is 0 Å². The third-order valence-electron chi connectivity index (χ3n) is 2.58. The van der Waals surface area contributed by atoms with Gasteiger partial charge in [0.05, 0.1) is 11.1 Å². The lowest BCUT2D eigenvalue weighted by atomic mass is 10.3. The number of aromatic nitrogens is 2. The van der Waals surface area contributed by atoms with E-state index in [0.29, 0.717) is 17.6 Å². The lowest BCUT2D eigenvalue weighted by Gasteiger charge is -2.03. The first kappa shape index (κ1) is 14.7. The number of hydrogen-bond acceptors (Lipinski definition) is 3. The molecule has 0 radical (unpaired) electrons. The molecule has 106 valence electrons. The number of carbonyl (C=O) groups excluding carboxylic acids is 1. The second-order valence-electron chi connectivity index (χ2n) is 3.97. The standard InChI is InChI=1S/C13H13BrFN3O2/c1-20-7-6-16-13(19)12-9(14)8-18(17-12)11-5-3-2-4-10(11)15/h2-5,8H,6-7H2,1H3,(H,16,19). The van der Waals surface area contributed by atoms with Gasteiger partial charge in [0.2, 0.25) is 0 Å². The van der Waals surface area contributed by atoms with Crippen molar-refractivity contribution in [2.45, 2.75) is 0 Å². The molecule has 0 bridgehead atoms. The molecule has 20 heavy (non-hydrogen) atoms. The van der Waals surface area contributed by atoms with Gasteiger partial charge in [-0.05, 0) is 28.1 Å². The average molecular weight is 342 g/mol. The molecule has 0 unspecified atom stereocenters. The largest absolute Gasteiger partial charge is 0.383 e. The van der Waals surface area contributed by atoms with Crippen LogP contribution in [-0.4, -0.2) is 35.9 Å². The minimum atomic E-state index is -0.408.